The summed E-state index contributed by atoms with van der Waals surface area (Å²) >= 11 is 1.49. The van der Waals surface area contributed by atoms with Crippen molar-refractivity contribution in [1.82, 2.24) is 0 Å². The van der Waals surface area contributed by atoms with Crippen molar-refractivity contribution in [3.8, 4) is 0 Å². The highest BCUT2D eigenvalue weighted by Crippen LogP contribution is 2.36. The number of hydrogen-bond acceptors (Lipinski definition) is 3. The van der Waals surface area contributed by atoms with Gasteiger partial charge >= 0.3 is 0 Å². The molecule has 0 spiro atoms. The quantitative estimate of drug-likeness (QED) is 0.523. The van der Waals surface area contributed by atoms with Crippen LogP contribution in [0, 0.1) is 0 Å². The number of hydrogen-bond donors (Lipinski definition) is 2. The summed E-state index contributed by atoms with van der Waals surface area (Å²) in [4.78, 5) is 13.8. The number of benzene rings is 3. The van der Waals surface area contributed by atoms with Gasteiger partial charge in [0.1, 0.15) is 5.25 Å². The van der Waals surface area contributed by atoms with Crippen LogP contribution in [0.3, 0.4) is 0 Å². The highest BCUT2D eigenvalue weighted by Gasteiger charge is 2.22. The zero-order chi connectivity index (χ0) is 16.8. The van der Waals surface area contributed by atoms with E-state index in [9.17, 15) is 4.79 Å². The molecule has 4 heteroatoms. The SMILES string of the molecule is Nc1cccc(SC(C(=O)Nc2ccccc2)c2ccccc2)c1. The molecule has 0 heterocycles. The molecule has 0 radical (unpaired) electrons. The van der Waals surface area contributed by atoms with Crippen LogP contribution in [-0.4, -0.2) is 5.91 Å². The molecule has 1 unspecified atom stereocenters. The van der Waals surface area contributed by atoms with Crippen LogP contribution in [0.2, 0.25) is 0 Å². The zero-order valence-electron chi connectivity index (χ0n) is 13.1. The van der Waals surface area contributed by atoms with Crippen LogP contribution in [0.5, 0.6) is 0 Å². The van der Waals surface area contributed by atoms with Crippen molar-refractivity contribution in [3.63, 3.8) is 0 Å². The smallest absolute Gasteiger partial charge is 0.242 e. The Hall–Kier alpha value is -2.72. The van der Waals surface area contributed by atoms with Crippen molar-refractivity contribution in [2.75, 3.05) is 11.1 Å². The van der Waals surface area contributed by atoms with E-state index < -0.39 is 0 Å². The van der Waals surface area contributed by atoms with Crippen LogP contribution in [-0.2, 0) is 4.79 Å². The van der Waals surface area contributed by atoms with Crippen molar-refractivity contribution in [3.05, 3.63) is 90.5 Å². The maximum atomic E-state index is 12.8. The molecule has 3 aromatic rings. The zero-order valence-corrected chi connectivity index (χ0v) is 13.9. The van der Waals surface area contributed by atoms with E-state index in [0.717, 1.165) is 16.1 Å². The number of nitrogen functional groups attached to an aromatic ring is 1. The molecule has 3 aromatic carbocycles. The Morgan fingerprint density at radius 1 is 0.875 bits per heavy atom. The van der Waals surface area contributed by atoms with E-state index in [1.54, 1.807) is 0 Å². The van der Waals surface area contributed by atoms with E-state index in [1.165, 1.54) is 11.8 Å². The second-order valence-electron chi connectivity index (χ2n) is 5.34. The van der Waals surface area contributed by atoms with E-state index in [2.05, 4.69) is 5.32 Å². The van der Waals surface area contributed by atoms with Gasteiger partial charge in [0, 0.05) is 16.3 Å². The van der Waals surface area contributed by atoms with Crippen LogP contribution >= 0.6 is 11.8 Å². The minimum absolute atomic E-state index is 0.0557. The average molecular weight is 334 g/mol. The molecule has 0 aliphatic carbocycles. The minimum atomic E-state index is -0.354. The summed E-state index contributed by atoms with van der Waals surface area (Å²) in [6.07, 6.45) is 0. The molecule has 0 aliphatic heterocycles. The van der Waals surface area contributed by atoms with Gasteiger partial charge in [-0.3, -0.25) is 4.79 Å². The number of thioether (sulfide) groups is 1. The molecule has 1 amide bonds. The standard InChI is InChI=1S/C20H18N2OS/c21-16-10-7-13-18(14-16)24-19(15-8-3-1-4-9-15)20(23)22-17-11-5-2-6-12-17/h1-14,19H,21H2,(H,22,23). The summed E-state index contributed by atoms with van der Waals surface area (Å²) in [6, 6.07) is 26.8. The van der Waals surface area contributed by atoms with Gasteiger partial charge in [0.05, 0.1) is 0 Å². The predicted molar refractivity (Wildman–Crippen MR) is 101 cm³/mol. The van der Waals surface area contributed by atoms with Crippen molar-refractivity contribution in [2.24, 2.45) is 0 Å². The number of rotatable bonds is 5. The van der Waals surface area contributed by atoms with E-state index in [0.29, 0.717) is 5.69 Å². The molecule has 0 saturated heterocycles. The van der Waals surface area contributed by atoms with E-state index >= 15 is 0 Å². The topological polar surface area (TPSA) is 55.1 Å². The fraction of sp³-hybridized carbons (Fsp3) is 0.0500. The fourth-order valence-electron chi connectivity index (χ4n) is 2.35. The number of carbonyl (C=O) groups excluding carboxylic acids is 1. The lowest BCUT2D eigenvalue weighted by Gasteiger charge is -2.17. The van der Waals surface area contributed by atoms with Gasteiger partial charge in [-0.15, -0.1) is 11.8 Å². The van der Waals surface area contributed by atoms with E-state index in [-0.39, 0.29) is 11.2 Å². The first-order valence-electron chi connectivity index (χ1n) is 7.65. The fourth-order valence-corrected chi connectivity index (χ4v) is 3.45. The first kappa shape index (κ1) is 16.1. The molecular formula is C20H18N2OS. The molecule has 1 atom stereocenters. The number of nitrogens with two attached hydrogens (primary N) is 1. The van der Waals surface area contributed by atoms with Gasteiger partial charge in [0.2, 0.25) is 5.91 Å². The molecule has 0 aliphatic rings. The van der Waals surface area contributed by atoms with Crippen molar-refractivity contribution in [2.45, 2.75) is 10.1 Å². The van der Waals surface area contributed by atoms with Gasteiger partial charge in [-0.2, -0.15) is 0 Å². The summed E-state index contributed by atoms with van der Waals surface area (Å²) in [5, 5.41) is 2.63. The molecule has 3 rings (SSSR count). The largest absolute Gasteiger partial charge is 0.399 e. The molecule has 0 saturated carbocycles. The summed E-state index contributed by atoms with van der Waals surface area (Å²) in [5.74, 6) is -0.0557. The summed E-state index contributed by atoms with van der Waals surface area (Å²) < 4.78 is 0. The highest BCUT2D eigenvalue weighted by atomic mass is 32.2. The molecule has 3 nitrogen and oxygen atoms in total. The van der Waals surface area contributed by atoms with Crippen LogP contribution < -0.4 is 11.1 Å². The second-order valence-corrected chi connectivity index (χ2v) is 6.51. The Kier molecular flexibility index (Phi) is 5.18. The monoisotopic (exact) mass is 334 g/mol. The third kappa shape index (κ3) is 4.18. The molecule has 24 heavy (non-hydrogen) atoms. The van der Waals surface area contributed by atoms with Crippen molar-refractivity contribution >= 4 is 29.0 Å². The second kappa shape index (κ2) is 7.70. The average Bonchev–Trinajstić information content (AvgIpc) is 2.61. The highest BCUT2D eigenvalue weighted by molar-refractivity contribution is 8.00. The van der Waals surface area contributed by atoms with Crippen LogP contribution in [0.15, 0.2) is 89.8 Å². The third-order valence-corrected chi connectivity index (χ3v) is 4.74. The first-order chi connectivity index (χ1) is 11.7. The number of amides is 1. The normalized spacial score (nSPS) is 11.7. The molecule has 3 N–H and O–H groups in total. The summed E-state index contributed by atoms with van der Waals surface area (Å²) in [5.41, 5.74) is 8.29. The van der Waals surface area contributed by atoms with Crippen molar-refractivity contribution < 1.29 is 4.79 Å². The number of nitrogens with one attached hydrogen (secondary N) is 1. The Morgan fingerprint density at radius 2 is 1.54 bits per heavy atom. The van der Waals surface area contributed by atoms with Crippen LogP contribution in [0.1, 0.15) is 10.8 Å². The third-order valence-electron chi connectivity index (χ3n) is 3.49. The lowest BCUT2D eigenvalue weighted by molar-refractivity contribution is -0.115. The molecule has 0 bridgehead atoms. The van der Waals surface area contributed by atoms with Gasteiger partial charge in [-0.25, -0.2) is 0 Å². The Balaban J connectivity index is 1.86. The Labute approximate surface area is 145 Å². The minimum Gasteiger partial charge on any atom is -0.399 e. The first-order valence-corrected chi connectivity index (χ1v) is 8.53. The number of carbonyl (C=O) groups is 1. The van der Waals surface area contributed by atoms with Crippen LogP contribution in [0.4, 0.5) is 11.4 Å². The van der Waals surface area contributed by atoms with Crippen LogP contribution in [0.25, 0.3) is 0 Å². The lowest BCUT2D eigenvalue weighted by Crippen LogP contribution is -2.18. The lowest BCUT2D eigenvalue weighted by atomic mass is 10.1. The molecule has 0 fully saturated rings. The van der Waals surface area contributed by atoms with Gasteiger partial charge in [0.25, 0.3) is 0 Å². The summed E-state index contributed by atoms with van der Waals surface area (Å²) in [7, 11) is 0. The Morgan fingerprint density at radius 3 is 2.21 bits per heavy atom. The predicted octanol–water partition coefficient (Wildman–Crippen LogP) is 4.74. The summed E-state index contributed by atoms with van der Waals surface area (Å²) in [6.45, 7) is 0. The van der Waals surface area contributed by atoms with Crippen molar-refractivity contribution in [1.29, 1.82) is 0 Å². The number of para-hydroxylation sites is 1. The van der Waals surface area contributed by atoms with Gasteiger partial charge in [-0.05, 0) is 35.9 Å². The van der Waals surface area contributed by atoms with E-state index in [4.69, 9.17) is 5.73 Å². The van der Waals surface area contributed by atoms with Gasteiger partial charge < -0.3 is 11.1 Å². The molecule has 0 aromatic heterocycles. The molecule has 120 valence electrons. The van der Waals surface area contributed by atoms with Gasteiger partial charge in [-0.1, -0.05) is 54.6 Å². The Bertz CT molecular complexity index is 806. The molecular weight excluding hydrogens is 316 g/mol. The van der Waals surface area contributed by atoms with E-state index in [1.807, 2.05) is 84.9 Å². The number of anilines is 2. The maximum Gasteiger partial charge on any atom is 0.242 e. The maximum absolute atomic E-state index is 12.8. The van der Waals surface area contributed by atoms with Gasteiger partial charge in [0.15, 0.2) is 0 Å².